The lowest BCUT2D eigenvalue weighted by atomic mass is 10.1. The van der Waals surface area contributed by atoms with Crippen molar-refractivity contribution in [1.82, 2.24) is 9.55 Å². The number of hydrogen-bond acceptors (Lipinski definition) is 3. The molecule has 0 aliphatic rings. The van der Waals surface area contributed by atoms with Crippen LogP contribution < -0.4 is 0 Å². The summed E-state index contributed by atoms with van der Waals surface area (Å²) in [6.07, 6.45) is 4.01. The van der Waals surface area contributed by atoms with Crippen molar-refractivity contribution in [3.8, 4) is 11.4 Å². The number of aliphatic hydroxyl groups excluding tert-OH is 1. The molecule has 0 radical (unpaired) electrons. The fourth-order valence-corrected chi connectivity index (χ4v) is 3.37. The molecule has 3 rings (SSSR count). The third-order valence-electron chi connectivity index (χ3n) is 3.67. The average molecular weight is 334 g/mol. The van der Waals surface area contributed by atoms with E-state index in [0.29, 0.717) is 12.4 Å². The zero-order valence-corrected chi connectivity index (χ0v) is 13.1. The van der Waals surface area contributed by atoms with E-state index in [0.717, 1.165) is 24.6 Å². The van der Waals surface area contributed by atoms with E-state index in [1.807, 2.05) is 17.5 Å². The molecule has 1 N–H and O–H groups in total. The fourth-order valence-electron chi connectivity index (χ4n) is 2.55. The Labute approximate surface area is 136 Å². The van der Waals surface area contributed by atoms with Crippen LogP contribution >= 0.6 is 11.3 Å². The molecule has 1 aromatic carbocycles. The molecule has 23 heavy (non-hydrogen) atoms. The molecule has 0 saturated heterocycles. The summed E-state index contributed by atoms with van der Waals surface area (Å²) >= 11 is 1.64. The summed E-state index contributed by atoms with van der Waals surface area (Å²) in [6.45, 7) is 0.501. The first kappa shape index (κ1) is 15.8. The number of halogens is 2. The normalized spacial score (nSPS) is 12.5. The minimum Gasteiger partial charge on any atom is -0.396 e. The summed E-state index contributed by atoms with van der Waals surface area (Å²) in [5, 5.41) is 11.6. The average Bonchev–Trinajstić information content (AvgIpc) is 3.21. The molecule has 6 heteroatoms. The van der Waals surface area contributed by atoms with Gasteiger partial charge in [-0.15, -0.1) is 11.3 Å². The Morgan fingerprint density at radius 3 is 2.87 bits per heavy atom. The van der Waals surface area contributed by atoms with Crippen LogP contribution in [0.1, 0.15) is 4.88 Å². The topological polar surface area (TPSA) is 38.0 Å². The molecule has 0 amide bonds. The van der Waals surface area contributed by atoms with E-state index < -0.39 is 11.6 Å². The van der Waals surface area contributed by atoms with E-state index in [9.17, 15) is 13.9 Å². The monoisotopic (exact) mass is 334 g/mol. The van der Waals surface area contributed by atoms with Crippen molar-refractivity contribution in [2.75, 3.05) is 6.61 Å². The molecule has 0 aliphatic carbocycles. The number of nitrogens with zero attached hydrogens (tertiary/aromatic N) is 2. The highest BCUT2D eigenvalue weighted by Gasteiger charge is 2.16. The number of aromatic nitrogens is 2. The Morgan fingerprint density at radius 1 is 1.26 bits per heavy atom. The van der Waals surface area contributed by atoms with Gasteiger partial charge in [-0.2, -0.15) is 0 Å². The van der Waals surface area contributed by atoms with Gasteiger partial charge >= 0.3 is 0 Å². The summed E-state index contributed by atoms with van der Waals surface area (Å²) in [7, 11) is 0. The van der Waals surface area contributed by atoms with Gasteiger partial charge in [0.2, 0.25) is 0 Å². The second-order valence-electron chi connectivity index (χ2n) is 5.36. The molecule has 0 aliphatic heterocycles. The molecule has 1 atom stereocenters. The lowest BCUT2D eigenvalue weighted by Gasteiger charge is -2.16. The summed E-state index contributed by atoms with van der Waals surface area (Å²) in [5.41, 5.74) is 0.128. The molecular formula is C17H16F2N2OS. The van der Waals surface area contributed by atoms with Gasteiger partial charge in [-0.3, -0.25) is 0 Å². The largest absolute Gasteiger partial charge is 0.396 e. The van der Waals surface area contributed by atoms with E-state index in [1.54, 1.807) is 28.3 Å². The summed E-state index contributed by atoms with van der Waals surface area (Å²) in [6, 6.07) is 7.31. The van der Waals surface area contributed by atoms with Crippen molar-refractivity contribution >= 4 is 11.3 Å². The SMILES string of the molecule is OC[C@H](Cc1cccs1)Cn1ccnc1-c1cc(F)ccc1F. The summed E-state index contributed by atoms with van der Waals surface area (Å²) in [5.74, 6) is -0.671. The van der Waals surface area contributed by atoms with Gasteiger partial charge in [0.05, 0.1) is 5.56 Å². The lowest BCUT2D eigenvalue weighted by Crippen LogP contribution is -2.17. The first-order valence-electron chi connectivity index (χ1n) is 7.27. The maximum absolute atomic E-state index is 14.0. The van der Waals surface area contributed by atoms with Crippen LogP contribution in [0.2, 0.25) is 0 Å². The number of hydrogen-bond donors (Lipinski definition) is 1. The number of aliphatic hydroxyl groups is 1. The third kappa shape index (κ3) is 3.65. The van der Waals surface area contributed by atoms with Crippen molar-refractivity contribution in [3.05, 3.63) is 64.6 Å². The highest BCUT2D eigenvalue weighted by atomic mass is 32.1. The second-order valence-corrected chi connectivity index (χ2v) is 6.39. The van der Waals surface area contributed by atoms with Gasteiger partial charge in [-0.1, -0.05) is 6.07 Å². The molecule has 0 spiro atoms. The van der Waals surface area contributed by atoms with E-state index in [2.05, 4.69) is 4.98 Å². The van der Waals surface area contributed by atoms with Gasteiger partial charge in [-0.05, 0) is 36.1 Å². The number of imidazole rings is 1. The maximum Gasteiger partial charge on any atom is 0.142 e. The van der Waals surface area contributed by atoms with Gasteiger partial charge in [0.15, 0.2) is 0 Å². The number of benzene rings is 1. The predicted molar refractivity (Wildman–Crippen MR) is 86.2 cm³/mol. The van der Waals surface area contributed by atoms with Gasteiger partial charge in [0.25, 0.3) is 0 Å². The lowest BCUT2D eigenvalue weighted by molar-refractivity contribution is 0.211. The standard InChI is InChI=1S/C17H16F2N2OS/c18-13-3-4-16(19)15(9-13)17-20-5-6-21(17)10-12(11-22)8-14-2-1-7-23-14/h1-7,9,12,22H,8,10-11H2/t12-/m1/s1. The smallest absolute Gasteiger partial charge is 0.142 e. The molecule has 2 aromatic heterocycles. The van der Waals surface area contributed by atoms with E-state index in [1.165, 1.54) is 4.88 Å². The number of rotatable bonds is 6. The first-order valence-corrected chi connectivity index (χ1v) is 8.15. The van der Waals surface area contributed by atoms with Gasteiger partial charge < -0.3 is 9.67 Å². The molecule has 0 saturated carbocycles. The van der Waals surface area contributed by atoms with Crippen LogP contribution in [-0.4, -0.2) is 21.3 Å². The Bertz CT molecular complexity index is 771. The molecule has 3 nitrogen and oxygen atoms in total. The van der Waals surface area contributed by atoms with Crippen LogP contribution in [0.3, 0.4) is 0 Å². The highest BCUT2D eigenvalue weighted by Crippen LogP contribution is 2.24. The maximum atomic E-state index is 14.0. The van der Waals surface area contributed by atoms with Crippen molar-refractivity contribution in [2.24, 2.45) is 5.92 Å². The van der Waals surface area contributed by atoms with Crippen molar-refractivity contribution in [3.63, 3.8) is 0 Å². The van der Waals surface area contributed by atoms with Crippen molar-refractivity contribution < 1.29 is 13.9 Å². The van der Waals surface area contributed by atoms with Crippen LogP contribution in [0.15, 0.2) is 48.1 Å². The van der Waals surface area contributed by atoms with Gasteiger partial charge in [0, 0.05) is 36.3 Å². The fraction of sp³-hybridized carbons (Fsp3) is 0.235. The van der Waals surface area contributed by atoms with E-state index in [4.69, 9.17) is 0 Å². The summed E-state index contributed by atoms with van der Waals surface area (Å²) < 4.78 is 29.1. The Hall–Kier alpha value is -2.05. The van der Waals surface area contributed by atoms with Crippen LogP contribution in [-0.2, 0) is 13.0 Å². The third-order valence-corrected chi connectivity index (χ3v) is 4.57. The van der Waals surface area contributed by atoms with Gasteiger partial charge in [-0.25, -0.2) is 13.8 Å². The Kier molecular flexibility index (Phi) is 4.83. The molecule has 0 unspecified atom stereocenters. The number of thiophene rings is 1. The van der Waals surface area contributed by atoms with Crippen LogP contribution in [0, 0.1) is 17.6 Å². The van der Waals surface area contributed by atoms with Crippen molar-refractivity contribution in [2.45, 2.75) is 13.0 Å². The van der Waals surface area contributed by atoms with Gasteiger partial charge in [0.1, 0.15) is 17.5 Å². The molecule has 2 heterocycles. The Morgan fingerprint density at radius 2 is 2.13 bits per heavy atom. The Balaban J connectivity index is 1.84. The highest BCUT2D eigenvalue weighted by molar-refractivity contribution is 7.09. The predicted octanol–water partition coefficient (Wildman–Crippen LogP) is 3.74. The molecule has 3 aromatic rings. The minimum atomic E-state index is -0.516. The van der Waals surface area contributed by atoms with E-state index >= 15 is 0 Å². The molecule has 0 bridgehead atoms. The minimum absolute atomic E-state index is 0.0150. The van der Waals surface area contributed by atoms with E-state index in [-0.39, 0.29) is 18.1 Å². The molecule has 120 valence electrons. The first-order chi connectivity index (χ1) is 11.2. The molecular weight excluding hydrogens is 318 g/mol. The van der Waals surface area contributed by atoms with Crippen LogP contribution in [0.4, 0.5) is 8.78 Å². The quantitative estimate of drug-likeness (QED) is 0.746. The molecule has 0 fully saturated rings. The zero-order valence-electron chi connectivity index (χ0n) is 12.3. The zero-order chi connectivity index (χ0) is 16.2. The van der Waals surface area contributed by atoms with Crippen molar-refractivity contribution in [1.29, 1.82) is 0 Å². The van der Waals surface area contributed by atoms with Crippen LogP contribution in [0.25, 0.3) is 11.4 Å². The second kappa shape index (κ2) is 7.02. The summed E-state index contributed by atoms with van der Waals surface area (Å²) in [4.78, 5) is 5.33. The van der Waals surface area contributed by atoms with Crippen LogP contribution in [0.5, 0.6) is 0 Å².